The van der Waals surface area contributed by atoms with Gasteiger partial charge in [-0.25, -0.2) is 0 Å². The highest BCUT2D eigenvalue weighted by Gasteiger charge is 2.18. The fourth-order valence-corrected chi connectivity index (χ4v) is 2.25. The molecule has 0 saturated heterocycles. The van der Waals surface area contributed by atoms with Crippen molar-refractivity contribution in [2.75, 3.05) is 20.3 Å². The molecule has 2 unspecified atom stereocenters. The van der Waals surface area contributed by atoms with Gasteiger partial charge in [0, 0.05) is 19.7 Å². The Bertz CT molecular complexity index is 395. The Morgan fingerprint density at radius 2 is 2.00 bits per heavy atom. The summed E-state index contributed by atoms with van der Waals surface area (Å²) in [5.41, 5.74) is 1.24. The van der Waals surface area contributed by atoms with E-state index in [0.29, 0.717) is 13.2 Å². The van der Waals surface area contributed by atoms with Gasteiger partial charge in [0.2, 0.25) is 5.91 Å². The summed E-state index contributed by atoms with van der Waals surface area (Å²) in [7, 11) is 1.63. The van der Waals surface area contributed by atoms with Gasteiger partial charge in [0.15, 0.2) is 0 Å². The van der Waals surface area contributed by atoms with E-state index in [1.54, 1.807) is 7.11 Å². The molecule has 0 spiro atoms. The average Bonchev–Trinajstić information content (AvgIpc) is 2.52. The first kappa shape index (κ1) is 17.7. The molecule has 0 heterocycles. The van der Waals surface area contributed by atoms with Crippen LogP contribution in [0, 0.1) is 0 Å². The fourth-order valence-electron chi connectivity index (χ4n) is 2.25. The summed E-state index contributed by atoms with van der Waals surface area (Å²) in [6.45, 7) is 5.18. The van der Waals surface area contributed by atoms with Gasteiger partial charge in [-0.1, -0.05) is 50.1 Å². The Labute approximate surface area is 128 Å². The maximum Gasteiger partial charge on any atom is 0.236 e. The monoisotopic (exact) mass is 292 g/mol. The van der Waals surface area contributed by atoms with E-state index in [9.17, 15) is 4.79 Å². The van der Waals surface area contributed by atoms with Gasteiger partial charge in [-0.05, 0) is 18.9 Å². The lowest BCUT2D eigenvalue weighted by Crippen LogP contribution is -2.44. The third-order valence-corrected chi connectivity index (χ3v) is 3.50. The number of nitrogens with one attached hydrogen (secondary N) is 2. The van der Waals surface area contributed by atoms with Gasteiger partial charge < -0.3 is 10.1 Å². The highest BCUT2D eigenvalue weighted by Crippen LogP contribution is 2.19. The van der Waals surface area contributed by atoms with E-state index in [4.69, 9.17) is 4.74 Å². The van der Waals surface area contributed by atoms with Gasteiger partial charge >= 0.3 is 0 Å². The molecule has 0 fully saturated rings. The molecule has 2 N–H and O–H groups in total. The molecule has 0 bridgehead atoms. The summed E-state index contributed by atoms with van der Waals surface area (Å²) in [4.78, 5) is 12.0. The number of carbonyl (C=O) groups excluding carboxylic acids is 1. The van der Waals surface area contributed by atoms with Gasteiger partial charge in [-0.2, -0.15) is 0 Å². The van der Waals surface area contributed by atoms with Crippen LogP contribution in [0.2, 0.25) is 0 Å². The van der Waals surface area contributed by atoms with Gasteiger partial charge in [-0.15, -0.1) is 0 Å². The maximum absolute atomic E-state index is 12.0. The van der Waals surface area contributed by atoms with Crippen molar-refractivity contribution in [3.63, 3.8) is 0 Å². The van der Waals surface area contributed by atoms with Crippen molar-refractivity contribution in [2.45, 2.75) is 45.2 Å². The molecule has 0 aliphatic heterocycles. The van der Waals surface area contributed by atoms with Crippen molar-refractivity contribution in [1.82, 2.24) is 10.6 Å². The third kappa shape index (κ3) is 6.74. The van der Waals surface area contributed by atoms with Crippen LogP contribution < -0.4 is 10.6 Å². The van der Waals surface area contributed by atoms with E-state index >= 15 is 0 Å². The van der Waals surface area contributed by atoms with E-state index in [2.05, 4.69) is 29.7 Å². The highest BCUT2D eigenvalue weighted by atomic mass is 16.5. The molecule has 1 rings (SSSR count). The summed E-state index contributed by atoms with van der Waals surface area (Å²) in [5, 5.41) is 6.31. The van der Waals surface area contributed by atoms with Crippen LogP contribution in [-0.4, -0.2) is 32.2 Å². The Morgan fingerprint density at radius 1 is 1.29 bits per heavy atom. The number of hydrogen-bond donors (Lipinski definition) is 2. The highest BCUT2D eigenvalue weighted by molar-refractivity contribution is 5.81. The molecule has 1 amide bonds. The average molecular weight is 292 g/mol. The second kappa shape index (κ2) is 10.4. The SMILES string of the molecule is CCCCC(NC(C)C(=O)NCCOC)c1ccccc1. The zero-order chi connectivity index (χ0) is 15.5. The molecule has 118 valence electrons. The predicted octanol–water partition coefficient (Wildman–Crippen LogP) is 2.66. The lowest BCUT2D eigenvalue weighted by atomic mass is 10.00. The minimum Gasteiger partial charge on any atom is -0.383 e. The molecule has 0 saturated carbocycles. The number of unbranched alkanes of at least 4 members (excludes halogenated alkanes) is 1. The maximum atomic E-state index is 12.0. The van der Waals surface area contributed by atoms with Crippen molar-refractivity contribution in [2.24, 2.45) is 0 Å². The largest absolute Gasteiger partial charge is 0.383 e. The molecule has 1 aromatic rings. The topological polar surface area (TPSA) is 50.4 Å². The first-order valence-electron chi connectivity index (χ1n) is 7.76. The quantitative estimate of drug-likeness (QED) is 0.652. The van der Waals surface area contributed by atoms with Crippen LogP contribution in [0.1, 0.15) is 44.7 Å². The second-order valence-electron chi connectivity index (χ2n) is 5.28. The minimum absolute atomic E-state index is 0.0180. The number of amides is 1. The van der Waals surface area contributed by atoms with Crippen LogP contribution in [0.15, 0.2) is 30.3 Å². The van der Waals surface area contributed by atoms with Gasteiger partial charge in [0.1, 0.15) is 0 Å². The molecule has 4 heteroatoms. The zero-order valence-electron chi connectivity index (χ0n) is 13.4. The standard InChI is InChI=1S/C17H28N2O2/c1-4-5-11-16(15-9-7-6-8-10-15)19-14(2)17(20)18-12-13-21-3/h6-10,14,16,19H,4-5,11-13H2,1-3H3,(H,18,20). The smallest absolute Gasteiger partial charge is 0.236 e. The molecule has 21 heavy (non-hydrogen) atoms. The molecule has 2 atom stereocenters. The number of benzene rings is 1. The lowest BCUT2D eigenvalue weighted by molar-refractivity contribution is -0.123. The second-order valence-corrected chi connectivity index (χ2v) is 5.28. The van der Waals surface area contributed by atoms with Crippen molar-refractivity contribution < 1.29 is 9.53 Å². The fraction of sp³-hybridized carbons (Fsp3) is 0.588. The van der Waals surface area contributed by atoms with Gasteiger partial charge in [0.05, 0.1) is 12.6 Å². The van der Waals surface area contributed by atoms with Crippen LogP contribution in [0.4, 0.5) is 0 Å². The van der Waals surface area contributed by atoms with Crippen LogP contribution in [0.5, 0.6) is 0 Å². The first-order valence-corrected chi connectivity index (χ1v) is 7.76. The predicted molar refractivity (Wildman–Crippen MR) is 86.2 cm³/mol. The van der Waals surface area contributed by atoms with Gasteiger partial charge in [0.25, 0.3) is 0 Å². The van der Waals surface area contributed by atoms with E-state index in [0.717, 1.165) is 19.3 Å². The van der Waals surface area contributed by atoms with Crippen LogP contribution >= 0.6 is 0 Å². The van der Waals surface area contributed by atoms with Crippen molar-refractivity contribution in [1.29, 1.82) is 0 Å². The Balaban J connectivity index is 2.57. The number of methoxy groups -OCH3 is 1. The van der Waals surface area contributed by atoms with Crippen molar-refractivity contribution in [3.05, 3.63) is 35.9 Å². The summed E-state index contributed by atoms with van der Waals surface area (Å²) in [6.07, 6.45) is 3.33. The summed E-state index contributed by atoms with van der Waals surface area (Å²) in [5.74, 6) is 0.0180. The van der Waals surface area contributed by atoms with E-state index in [-0.39, 0.29) is 18.0 Å². The third-order valence-electron chi connectivity index (χ3n) is 3.50. The molecule has 0 aromatic heterocycles. The first-order chi connectivity index (χ1) is 10.2. The molecule has 0 aliphatic carbocycles. The molecular formula is C17H28N2O2. The summed E-state index contributed by atoms with van der Waals surface area (Å²) >= 11 is 0. The number of carbonyl (C=O) groups is 1. The van der Waals surface area contributed by atoms with Crippen molar-refractivity contribution >= 4 is 5.91 Å². The number of ether oxygens (including phenoxy) is 1. The van der Waals surface area contributed by atoms with Gasteiger partial charge in [-0.3, -0.25) is 10.1 Å². The number of rotatable bonds is 10. The molecular weight excluding hydrogens is 264 g/mol. The Hall–Kier alpha value is -1.39. The van der Waals surface area contributed by atoms with Crippen LogP contribution in [-0.2, 0) is 9.53 Å². The van der Waals surface area contributed by atoms with Crippen molar-refractivity contribution in [3.8, 4) is 0 Å². The summed E-state index contributed by atoms with van der Waals surface area (Å²) < 4.78 is 4.94. The molecule has 1 aromatic carbocycles. The minimum atomic E-state index is -0.219. The summed E-state index contributed by atoms with van der Waals surface area (Å²) in [6, 6.07) is 10.3. The zero-order valence-corrected chi connectivity index (χ0v) is 13.4. The van der Waals surface area contributed by atoms with Crippen LogP contribution in [0.25, 0.3) is 0 Å². The molecule has 4 nitrogen and oxygen atoms in total. The number of hydrogen-bond acceptors (Lipinski definition) is 3. The Morgan fingerprint density at radius 3 is 2.62 bits per heavy atom. The molecule has 0 aliphatic rings. The lowest BCUT2D eigenvalue weighted by Gasteiger charge is -2.23. The van der Waals surface area contributed by atoms with E-state index in [1.165, 1.54) is 5.56 Å². The molecule has 0 radical (unpaired) electrons. The normalized spacial score (nSPS) is 13.7. The van der Waals surface area contributed by atoms with Crippen LogP contribution in [0.3, 0.4) is 0 Å². The Kier molecular flexibility index (Phi) is 8.71. The van der Waals surface area contributed by atoms with E-state index in [1.807, 2.05) is 25.1 Å². The van der Waals surface area contributed by atoms with E-state index < -0.39 is 0 Å².